The van der Waals surface area contributed by atoms with Crippen LogP contribution < -0.4 is 15.2 Å². The molecule has 1 unspecified atom stereocenters. The van der Waals surface area contributed by atoms with Crippen LogP contribution in [0.4, 0.5) is 5.69 Å². The van der Waals surface area contributed by atoms with E-state index in [1.165, 1.54) is 4.68 Å². The number of nitrogens with zero attached hydrogens (tertiary/aromatic N) is 5. The number of hydrogen-bond donors (Lipinski definition) is 0. The lowest BCUT2D eigenvalue weighted by Gasteiger charge is -2.36. The molecule has 3 aromatic rings. The SMILES string of the molecule is O=C1CN(c2cnn(C3CCCCO3)c(=O)c2Cl)CCN1Cc1cccnc1Oc1ccccc1. The summed E-state index contributed by atoms with van der Waals surface area (Å²) in [7, 11) is 0. The lowest BCUT2D eigenvalue weighted by molar-refractivity contribution is -0.131. The Bertz CT molecular complexity index is 1250. The van der Waals surface area contributed by atoms with Crippen molar-refractivity contribution >= 4 is 23.2 Å². The third-order valence-corrected chi connectivity index (χ3v) is 6.54. The zero-order valence-corrected chi connectivity index (χ0v) is 19.9. The molecule has 1 aromatic carbocycles. The van der Waals surface area contributed by atoms with Gasteiger partial charge in [-0.3, -0.25) is 9.59 Å². The van der Waals surface area contributed by atoms with Crippen LogP contribution in [-0.2, 0) is 16.1 Å². The summed E-state index contributed by atoms with van der Waals surface area (Å²) in [5, 5.41) is 4.36. The summed E-state index contributed by atoms with van der Waals surface area (Å²) < 4.78 is 12.9. The third kappa shape index (κ3) is 5.16. The van der Waals surface area contributed by atoms with Crippen molar-refractivity contribution in [3.63, 3.8) is 0 Å². The monoisotopic (exact) mass is 495 g/mol. The van der Waals surface area contributed by atoms with E-state index < -0.39 is 11.8 Å². The summed E-state index contributed by atoms with van der Waals surface area (Å²) >= 11 is 6.44. The smallest absolute Gasteiger partial charge is 0.290 e. The summed E-state index contributed by atoms with van der Waals surface area (Å²) in [4.78, 5) is 33.8. The molecule has 35 heavy (non-hydrogen) atoms. The summed E-state index contributed by atoms with van der Waals surface area (Å²) in [6, 6.07) is 13.1. The number of ether oxygens (including phenoxy) is 2. The van der Waals surface area contributed by atoms with E-state index in [1.54, 1.807) is 22.2 Å². The maximum atomic E-state index is 13.0. The second-order valence-electron chi connectivity index (χ2n) is 8.53. The molecule has 9 nitrogen and oxygen atoms in total. The predicted octanol–water partition coefficient (Wildman–Crippen LogP) is 3.63. The van der Waals surface area contributed by atoms with Gasteiger partial charge in [0.1, 0.15) is 10.8 Å². The van der Waals surface area contributed by atoms with Gasteiger partial charge in [-0.1, -0.05) is 35.9 Å². The van der Waals surface area contributed by atoms with Gasteiger partial charge in [-0.15, -0.1) is 0 Å². The Morgan fingerprint density at radius 2 is 1.94 bits per heavy atom. The molecule has 10 heteroatoms. The molecule has 1 atom stereocenters. The maximum Gasteiger partial charge on any atom is 0.290 e. The predicted molar refractivity (Wildman–Crippen MR) is 131 cm³/mol. The number of hydrogen-bond acceptors (Lipinski definition) is 7. The minimum absolute atomic E-state index is 0.0567. The zero-order valence-electron chi connectivity index (χ0n) is 19.2. The number of carbonyl (C=O) groups excluding carboxylic acids is 1. The maximum absolute atomic E-state index is 13.0. The largest absolute Gasteiger partial charge is 0.439 e. The van der Waals surface area contributed by atoms with Crippen molar-refractivity contribution < 1.29 is 14.3 Å². The highest BCUT2D eigenvalue weighted by molar-refractivity contribution is 6.33. The number of pyridine rings is 1. The van der Waals surface area contributed by atoms with Gasteiger partial charge in [0.2, 0.25) is 11.8 Å². The molecule has 4 heterocycles. The number of amides is 1. The quantitative estimate of drug-likeness (QED) is 0.515. The molecular weight excluding hydrogens is 470 g/mol. The van der Waals surface area contributed by atoms with Crippen molar-refractivity contribution in [3.05, 3.63) is 75.8 Å². The molecule has 0 saturated carbocycles. The van der Waals surface area contributed by atoms with E-state index in [4.69, 9.17) is 21.1 Å². The van der Waals surface area contributed by atoms with Gasteiger partial charge in [0.15, 0.2) is 6.23 Å². The molecule has 2 fully saturated rings. The van der Waals surface area contributed by atoms with Crippen LogP contribution in [0.25, 0.3) is 0 Å². The van der Waals surface area contributed by atoms with Crippen LogP contribution in [0.3, 0.4) is 0 Å². The van der Waals surface area contributed by atoms with Gasteiger partial charge >= 0.3 is 0 Å². The number of rotatable bonds is 6. The molecule has 2 saturated heterocycles. The standard InChI is InChI=1S/C25H26ClN5O4/c26-23-20(15-28-31(25(23)33)22-10-4-5-14-34-22)29-12-13-30(21(32)17-29)16-18-7-6-11-27-24(18)35-19-8-2-1-3-9-19/h1-3,6-9,11,15,22H,4-5,10,12-14,16-17H2. The number of para-hydroxylation sites is 1. The third-order valence-electron chi connectivity index (χ3n) is 6.18. The average molecular weight is 496 g/mol. The first-order valence-electron chi connectivity index (χ1n) is 11.7. The fraction of sp³-hybridized carbons (Fsp3) is 0.360. The molecule has 2 aliphatic heterocycles. The van der Waals surface area contributed by atoms with Crippen molar-refractivity contribution in [2.75, 3.05) is 31.1 Å². The van der Waals surface area contributed by atoms with Crippen LogP contribution in [0.5, 0.6) is 11.6 Å². The highest BCUT2D eigenvalue weighted by Crippen LogP contribution is 2.27. The minimum atomic E-state index is -0.399. The summed E-state index contributed by atoms with van der Waals surface area (Å²) in [6.45, 7) is 2.05. The van der Waals surface area contributed by atoms with E-state index >= 15 is 0 Å². The highest BCUT2D eigenvalue weighted by atomic mass is 35.5. The number of piperazine rings is 1. The Balaban J connectivity index is 1.27. The summed E-state index contributed by atoms with van der Waals surface area (Å²) in [5.74, 6) is 1.07. The van der Waals surface area contributed by atoms with Gasteiger partial charge in [0.05, 0.1) is 25.0 Å². The van der Waals surface area contributed by atoms with Crippen LogP contribution in [0.15, 0.2) is 59.7 Å². The first-order valence-corrected chi connectivity index (χ1v) is 12.1. The molecule has 5 rings (SSSR count). The molecule has 2 aromatic heterocycles. The number of anilines is 1. The molecule has 0 bridgehead atoms. The fourth-order valence-corrected chi connectivity index (χ4v) is 4.56. The van der Waals surface area contributed by atoms with Crippen molar-refractivity contribution in [1.82, 2.24) is 19.7 Å². The Hall–Kier alpha value is -3.43. The van der Waals surface area contributed by atoms with E-state index in [-0.39, 0.29) is 17.5 Å². The number of halogens is 1. The summed E-state index contributed by atoms with van der Waals surface area (Å²) in [5.41, 5.74) is 0.878. The van der Waals surface area contributed by atoms with Crippen molar-refractivity contribution in [2.45, 2.75) is 32.0 Å². The van der Waals surface area contributed by atoms with Gasteiger partial charge in [0, 0.05) is 31.5 Å². The molecule has 0 N–H and O–H groups in total. The van der Waals surface area contributed by atoms with E-state index in [0.29, 0.717) is 43.6 Å². The van der Waals surface area contributed by atoms with Crippen LogP contribution in [0.1, 0.15) is 31.1 Å². The number of benzene rings is 1. The van der Waals surface area contributed by atoms with Crippen LogP contribution in [0.2, 0.25) is 5.02 Å². The van der Waals surface area contributed by atoms with Gasteiger partial charge in [-0.25, -0.2) is 4.98 Å². The van der Waals surface area contributed by atoms with E-state index in [0.717, 1.165) is 24.8 Å². The second-order valence-corrected chi connectivity index (χ2v) is 8.91. The van der Waals surface area contributed by atoms with E-state index in [2.05, 4.69) is 10.1 Å². The topological polar surface area (TPSA) is 89.8 Å². The fourth-order valence-electron chi connectivity index (χ4n) is 4.30. The Morgan fingerprint density at radius 1 is 1.09 bits per heavy atom. The van der Waals surface area contributed by atoms with Crippen molar-refractivity contribution in [2.24, 2.45) is 0 Å². The lowest BCUT2D eigenvalue weighted by Crippen LogP contribution is -2.50. The molecular formula is C25H26ClN5O4. The van der Waals surface area contributed by atoms with Gasteiger partial charge in [0.25, 0.3) is 5.56 Å². The molecule has 0 radical (unpaired) electrons. The first kappa shape index (κ1) is 23.3. The second kappa shape index (κ2) is 10.5. The zero-order chi connectivity index (χ0) is 24.2. The molecule has 0 aliphatic carbocycles. The lowest BCUT2D eigenvalue weighted by atomic mass is 10.2. The molecule has 2 aliphatic rings. The van der Waals surface area contributed by atoms with Crippen LogP contribution >= 0.6 is 11.6 Å². The molecule has 0 spiro atoms. The van der Waals surface area contributed by atoms with Crippen LogP contribution in [0, 0.1) is 0 Å². The van der Waals surface area contributed by atoms with Gasteiger partial charge in [-0.05, 0) is 37.5 Å². The average Bonchev–Trinajstić information content (AvgIpc) is 2.89. The molecule has 1 amide bonds. The number of carbonyl (C=O) groups is 1. The van der Waals surface area contributed by atoms with Crippen molar-refractivity contribution in [1.29, 1.82) is 0 Å². The van der Waals surface area contributed by atoms with E-state index in [9.17, 15) is 9.59 Å². The Labute approximate surface area is 207 Å². The Morgan fingerprint density at radius 3 is 2.71 bits per heavy atom. The number of aromatic nitrogens is 3. The Kier molecular flexibility index (Phi) is 6.96. The van der Waals surface area contributed by atoms with Gasteiger partial charge in [-0.2, -0.15) is 9.78 Å². The first-order chi connectivity index (χ1) is 17.1. The van der Waals surface area contributed by atoms with E-state index in [1.807, 2.05) is 42.5 Å². The van der Waals surface area contributed by atoms with Gasteiger partial charge < -0.3 is 19.3 Å². The molecule has 182 valence electrons. The van der Waals surface area contributed by atoms with Crippen molar-refractivity contribution in [3.8, 4) is 11.6 Å². The van der Waals surface area contributed by atoms with Crippen LogP contribution in [-0.4, -0.2) is 51.8 Å². The normalized spacial score (nSPS) is 18.5. The minimum Gasteiger partial charge on any atom is -0.439 e. The summed E-state index contributed by atoms with van der Waals surface area (Å²) in [6.07, 6.45) is 5.50. The highest BCUT2D eigenvalue weighted by Gasteiger charge is 2.28.